The quantitative estimate of drug-likeness (QED) is 0.789. The zero-order valence-corrected chi connectivity index (χ0v) is 12.4. The first-order chi connectivity index (χ1) is 9.67. The van der Waals surface area contributed by atoms with Gasteiger partial charge in [0, 0.05) is 25.0 Å². The molecule has 0 amide bonds. The zero-order chi connectivity index (χ0) is 14.5. The van der Waals surface area contributed by atoms with Crippen LogP contribution in [0.5, 0.6) is 0 Å². The molecule has 0 spiro atoms. The lowest BCUT2D eigenvalue weighted by atomic mass is 10.1. The number of aromatic nitrogens is 4. The Morgan fingerprint density at radius 3 is 2.90 bits per heavy atom. The molecule has 0 radical (unpaired) electrons. The van der Waals surface area contributed by atoms with Crippen molar-refractivity contribution in [2.45, 2.75) is 43.3 Å². The van der Waals surface area contributed by atoms with E-state index in [2.05, 4.69) is 15.2 Å². The number of hydrogen-bond donors (Lipinski definition) is 2. The molecule has 2 atom stereocenters. The molecule has 0 aliphatic carbocycles. The molecule has 3 N–H and O–H groups in total. The molecule has 7 heteroatoms. The second-order valence-electron chi connectivity index (χ2n) is 4.45. The van der Waals surface area contributed by atoms with Gasteiger partial charge in [0.05, 0.1) is 5.25 Å². The summed E-state index contributed by atoms with van der Waals surface area (Å²) in [4.78, 5) is 15.8. The molecule has 0 saturated carbocycles. The van der Waals surface area contributed by atoms with Crippen molar-refractivity contribution >= 4 is 11.8 Å². The summed E-state index contributed by atoms with van der Waals surface area (Å²) in [6.45, 7) is 4.55. The smallest absolute Gasteiger partial charge is 0.326 e. The van der Waals surface area contributed by atoms with Gasteiger partial charge in [-0.05, 0) is 25.0 Å². The molecule has 6 nitrogen and oxygen atoms in total. The van der Waals surface area contributed by atoms with Gasteiger partial charge in [-0.2, -0.15) is 0 Å². The van der Waals surface area contributed by atoms with Crippen molar-refractivity contribution in [1.29, 1.82) is 0 Å². The monoisotopic (exact) mass is 293 g/mol. The number of nitrogens with zero attached hydrogens (tertiary/aromatic N) is 3. The number of nitrogens with two attached hydrogens (primary N) is 1. The molecule has 0 saturated heterocycles. The maximum absolute atomic E-state index is 11.6. The predicted molar refractivity (Wildman–Crippen MR) is 79.6 cm³/mol. The van der Waals surface area contributed by atoms with Crippen LogP contribution in [0, 0.1) is 0 Å². The van der Waals surface area contributed by atoms with Crippen LogP contribution in [-0.4, -0.2) is 25.8 Å². The Bertz CT molecular complexity index is 594. The fourth-order valence-corrected chi connectivity index (χ4v) is 3.25. The summed E-state index contributed by atoms with van der Waals surface area (Å²) in [6.07, 6.45) is 4.39. The third kappa shape index (κ3) is 3.10. The van der Waals surface area contributed by atoms with Crippen molar-refractivity contribution in [2.75, 3.05) is 0 Å². The minimum absolute atomic E-state index is 0.0224. The Morgan fingerprint density at radius 2 is 2.30 bits per heavy atom. The van der Waals surface area contributed by atoms with Crippen molar-refractivity contribution in [1.82, 2.24) is 19.7 Å². The molecule has 2 unspecified atom stereocenters. The van der Waals surface area contributed by atoms with Crippen LogP contribution in [0.4, 0.5) is 0 Å². The molecule has 2 rings (SSSR count). The van der Waals surface area contributed by atoms with E-state index in [0.717, 1.165) is 12.0 Å². The Hall–Kier alpha value is -1.60. The van der Waals surface area contributed by atoms with E-state index in [1.165, 1.54) is 11.8 Å². The van der Waals surface area contributed by atoms with E-state index in [9.17, 15) is 4.79 Å². The zero-order valence-electron chi connectivity index (χ0n) is 11.6. The van der Waals surface area contributed by atoms with Crippen LogP contribution in [-0.2, 0) is 6.54 Å². The number of thioether (sulfide) groups is 1. The highest BCUT2D eigenvalue weighted by Crippen LogP contribution is 2.36. The lowest BCUT2D eigenvalue weighted by Gasteiger charge is -2.21. The van der Waals surface area contributed by atoms with Crippen molar-refractivity contribution < 1.29 is 0 Å². The maximum Gasteiger partial charge on any atom is 0.343 e. The van der Waals surface area contributed by atoms with E-state index in [-0.39, 0.29) is 17.0 Å². The van der Waals surface area contributed by atoms with Crippen molar-refractivity contribution in [3.63, 3.8) is 0 Å². The molecule has 0 aromatic carbocycles. The highest BCUT2D eigenvalue weighted by atomic mass is 32.2. The van der Waals surface area contributed by atoms with Crippen LogP contribution in [0.25, 0.3) is 0 Å². The van der Waals surface area contributed by atoms with E-state index >= 15 is 0 Å². The largest absolute Gasteiger partial charge is 0.343 e. The van der Waals surface area contributed by atoms with Crippen LogP contribution in [0.15, 0.2) is 34.5 Å². The molecular weight excluding hydrogens is 274 g/mol. The fraction of sp³-hybridized carbons (Fsp3) is 0.462. The topological polar surface area (TPSA) is 89.6 Å². The summed E-state index contributed by atoms with van der Waals surface area (Å²) in [5.41, 5.74) is 7.08. The van der Waals surface area contributed by atoms with Crippen molar-refractivity contribution in [3.05, 3.63) is 40.6 Å². The molecule has 2 heterocycles. The second-order valence-corrected chi connectivity index (χ2v) is 5.56. The SMILES string of the molecule is CCC(N)C(Sc1n[nH]c(=O)n1CC)c1cccnc1. The van der Waals surface area contributed by atoms with Crippen LogP contribution in [0.2, 0.25) is 0 Å². The molecule has 0 bridgehead atoms. The summed E-state index contributed by atoms with van der Waals surface area (Å²) in [5, 5.41) is 7.25. The molecular formula is C13H19N5OS. The molecule has 2 aromatic rings. The van der Waals surface area contributed by atoms with Gasteiger partial charge in [-0.3, -0.25) is 9.55 Å². The first-order valence-electron chi connectivity index (χ1n) is 6.64. The van der Waals surface area contributed by atoms with Gasteiger partial charge in [-0.25, -0.2) is 9.89 Å². The molecule has 0 aliphatic rings. The van der Waals surface area contributed by atoms with Crippen molar-refractivity contribution in [3.8, 4) is 0 Å². The third-order valence-electron chi connectivity index (χ3n) is 3.15. The summed E-state index contributed by atoms with van der Waals surface area (Å²) >= 11 is 1.50. The minimum atomic E-state index is -0.190. The van der Waals surface area contributed by atoms with Crippen LogP contribution in [0.3, 0.4) is 0 Å². The number of pyridine rings is 1. The van der Waals surface area contributed by atoms with E-state index in [4.69, 9.17) is 5.73 Å². The molecule has 108 valence electrons. The predicted octanol–water partition coefficient (Wildman–Crippen LogP) is 1.56. The van der Waals surface area contributed by atoms with E-state index in [1.807, 2.05) is 32.2 Å². The van der Waals surface area contributed by atoms with Crippen molar-refractivity contribution in [2.24, 2.45) is 5.73 Å². The Morgan fingerprint density at radius 1 is 1.50 bits per heavy atom. The number of aromatic amines is 1. The summed E-state index contributed by atoms with van der Waals surface area (Å²) in [7, 11) is 0. The number of H-pyrrole nitrogens is 1. The van der Waals surface area contributed by atoms with Crippen LogP contribution in [0.1, 0.15) is 31.1 Å². The first kappa shape index (κ1) is 14.8. The Labute approximate surface area is 121 Å². The fourth-order valence-electron chi connectivity index (χ4n) is 1.95. The average molecular weight is 293 g/mol. The first-order valence-corrected chi connectivity index (χ1v) is 7.52. The highest BCUT2D eigenvalue weighted by Gasteiger charge is 2.23. The van der Waals surface area contributed by atoms with Gasteiger partial charge in [0.25, 0.3) is 0 Å². The van der Waals surface area contributed by atoms with Gasteiger partial charge < -0.3 is 5.73 Å². The van der Waals surface area contributed by atoms with Crippen LogP contribution >= 0.6 is 11.8 Å². The lowest BCUT2D eigenvalue weighted by molar-refractivity contribution is 0.620. The number of hydrogen-bond acceptors (Lipinski definition) is 5. The maximum atomic E-state index is 11.6. The standard InChI is InChI=1S/C13H19N5OS/c1-3-10(14)11(9-6-5-7-15-8-9)20-13-17-16-12(19)18(13)4-2/h5-8,10-11H,3-4,14H2,1-2H3,(H,16,19). The van der Waals surface area contributed by atoms with Crippen LogP contribution < -0.4 is 11.4 Å². The minimum Gasteiger partial charge on any atom is -0.326 e. The van der Waals surface area contributed by atoms with Gasteiger partial charge in [0.15, 0.2) is 5.16 Å². The Balaban J connectivity index is 2.31. The van der Waals surface area contributed by atoms with Gasteiger partial charge in [0.2, 0.25) is 0 Å². The normalized spacial score (nSPS) is 14.2. The van der Waals surface area contributed by atoms with E-state index in [1.54, 1.807) is 10.8 Å². The average Bonchev–Trinajstić information content (AvgIpc) is 2.84. The summed E-state index contributed by atoms with van der Waals surface area (Å²) < 4.78 is 1.61. The molecule has 0 fully saturated rings. The molecule has 20 heavy (non-hydrogen) atoms. The van der Waals surface area contributed by atoms with Gasteiger partial charge in [0.1, 0.15) is 0 Å². The lowest BCUT2D eigenvalue weighted by Crippen LogP contribution is -2.26. The number of rotatable bonds is 6. The van der Waals surface area contributed by atoms with Gasteiger partial charge >= 0.3 is 5.69 Å². The summed E-state index contributed by atoms with van der Waals surface area (Å²) in [6, 6.07) is 3.87. The number of nitrogens with one attached hydrogen (secondary N) is 1. The molecule has 0 aliphatic heterocycles. The second kappa shape index (κ2) is 6.71. The Kier molecular flexibility index (Phi) is 4.97. The van der Waals surface area contributed by atoms with Gasteiger partial charge in [-0.1, -0.05) is 24.8 Å². The van der Waals surface area contributed by atoms with Gasteiger partial charge in [-0.15, -0.1) is 5.10 Å². The van der Waals surface area contributed by atoms with E-state index < -0.39 is 0 Å². The highest BCUT2D eigenvalue weighted by molar-refractivity contribution is 7.99. The molecule has 2 aromatic heterocycles. The third-order valence-corrected chi connectivity index (χ3v) is 4.54. The van der Waals surface area contributed by atoms with E-state index in [0.29, 0.717) is 11.7 Å². The summed E-state index contributed by atoms with van der Waals surface area (Å²) in [5.74, 6) is 0.